The van der Waals surface area contributed by atoms with Crippen molar-refractivity contribution in [2.75, 3.05) is 17.2 Å². The summed E-state index contributed by atoms with van der Waals surface area (Å²) in [5.74, 6) is 0.994. The van der Waals surface area contributed by atoms with Gasteiger partial charge in [-0.25, -0.2) is 4.98 Å². The van der Waals surface area contributed by atoms with Crippen LogP contribution in [0, 0.1) is 6.92 Å². The molecule has 0 aliphatic carbocycles. The molecule has 0 unspecified atom stereocenters. The van der Waals surface area contributed by atoms with Crippen molar-refractivity contribution in [3.8, 4) is 0 Å². The van der Waals surface area contributed by atoms with Crippen LogP contribution in [0.1, 0.15) is 17.5 Å². The van der Waals surface area contributed by atoms with Crippen molar-refractivity contribution < 1.29 is 0 Å². The molecule has 0 amide bonds. The molecule has 1 aliphatic rings. The summed E-state index contributed by atoms with van der Waals surface area (Å²) in [7, 11) is 0. The zero-order chi connectivity index (χ0) is 12.5. The first kappa shape index (κ1) is 11.1. The Hall–Kier alpha value is -2.03. The monoisotopic (exact) mass is 239 g/mol. The van der Waals surface area contributed by atoms with Crippen LogP contribution in [0.25, 0.3) is 0 Å². The van der Waals surface area contributed by atoms with E-state index in [1.54, 1.807) is 6.20 Å². The highest BCUT2D eigenvalue weighted by Crippen LogP contribution is 2.32. The molecule has 1 aromatic heterocycles. The molecule has 1 aromatic carbocycles. The molecule has 0 saturated heterocycles. The minimum atomic E-state index is 0.754. The van der Waals surface area contributed by atoms with Gasteiger partial charge in [-0.15, -0.1) is 0 Å². The van der Waals surface area contributed by atoms with E-state index in [-0.39, 0.29) is 0 Å². The van der Waals surface area contributed by atoms with Crippen LogP contribution in [-0.2, 0) is 6.42 Å². The molecular formula is C15H17N3. The Morgan fingerprint density at radius 1 is 1.28 bits per heavy atom. The lowest BCUT2D eigenvalue weighted by Gasteiger charge is -2.30. The van der Waals surface area contributed by atoms with Crippen molar-refractivity contribution in [1.29, 1.82) is 0 Å². The maximum Gasteiger partial charge on any atom is 0.133 e. The van der Waals surface area contributed by atoms with Crippen LogP contribution < -0.4 is 10.6 Å². The number of nitrogens with zero attached hydrogens (tertiary/aromatic N) is 2. The lowest BCUT2D eigenvalue weighted by atomic mass is 10.0. The van der Waals surface area contributed by atoms with Crippen molar-refractivity contribution >= 4 is 17.2 Å². The van der Waals surface area contributed by atoms with Gasteiger partial charge in [-0.2, -0.15) is 0 Å². The Kier molecular flexibility index (Phi) is 2.67. The Morgan fingerprint density at radius 2 is 2.11 bits per heavy atom. The lowest BCUT2D eigenvalue weighted by molar-refractivity contribution is 0.759. The van der Waals surface area contributed by atoms with Gasteiger partial charge in [-0.05, 0) is 43.0 Å². The second kappa shape index (κ2) is 4.33. The number of rotatable bonds is 1. The Morgan fingerprint density at radius 3 is 2.94 bits per heavy atom. The summed E-state index contributed by atoms with van der Waals surface area (Å²) >= 11 is 0. The zero-order valence-corrected chi connectivity index (χ0v) is 10.6. The predicted octanol–water partition coefficient (Wildman–Crippen LogP) is 3.06. The van der Waals surface area contributed by atoms with Gasteiger partial charge in [-0.3, -0.25) is 0 Å². The standard InChI is InChI=1S/C15H17N3/c1-11-9-15(17-10-13(11)16)18-8-4-6-12-5-2-3-7-14(12)18/h2-3,5,7,9-10H,4,6,8,16H2,1H3. The van der Waals surface area contributed by atoms with Crippen LogP contribution in [0.4, 0.5) is 17.2 Å². The van der Waals surface area contributed by atoms with Crippen molar-refractivity contribution in [3.63, 3.8) is 0 Å². The molecule has 0 saturated carbocycles. The number of hydrogen-bond acceptors (Lipinski definition) is 3. The topological polar surface area (TPSA) is 42.2 Å². The van der Waals surface area contributed by atoms with Gasteiger partial charge in [0.2, 0.25) is 0 Å². The highest BCUT2D eigenvalue weighted by molar-refractivity contribution is 5.67. The second-order valence-corrected chi connectivity index (χ2v) is 4.78. The van der Waals surface area contributed by atoms with Gasteiger partial charge >= 0.3 is 0 Å². The third kappa shape index (κ3) is 1.82. The number of aromatic nitrogens is 1. The van der Waals surface area contributed by atoms with Gasteiger partial charge in [0.15, 0.2) is 0 Å². The number of anilines is 3. The number of hydrogen-bond donors (Lipinski definition) is 1. The first-order valence-corrected chi connectivity index (χ1v) is 6.33. The molecule has 0 spiro atoms. The van der Waals surface area contributed by atoms with Gasteiger partial charge in [0, 0.05) is 12.2 Å². The van der Waals surface area contributed by atoms with Gasteiger partial charge in [0.1, 0.15) is 5.82 Å². The fourth-order valence-electron chi connectivity index (χ4n) is 2.47. The minimum Gasteiger partial charge on any atom is -0.397 e. The van der Waals surface area contributed by atoms with Crippen LogP contribution in [-0.4, -0.2) is 11.5 Å². The van der Waals surface area contributed by atoms with E-state index in [0.717, 1.165) is 30.0 Å². The average Bonchev–Trinajstić information content (AvgIpc) is 2.41. The number of nitrogen functional groups attached to an aromatic ring is 1. The Balaban J connectivity index is 2.05. The smallest absolute Gasteiger partial charge is 0.133 e. The second-order valence-electron chi connectivity index (χ2n) is 4.78. The third-order valence-corrected chi connectivity index (χ3v) is 3.52. The van der Waals surface area contributed by atoms with E-state index in [0.29, 0.717) is 0 Å². The SMILES string of the molecule is Cc1cc(N2CCCc3ccccc32)ncc1N. The normalized spacial score (nSPS) is 14.4. The predicted molar refractivity (Wildman–Crippen MR) is 75.2 cm³/mol. The number of nitrogens with two attached hydrogens (primary N) is 1. The van der Waals surface area contributed by atoms with E-state index >= 15 is 0 Å². The molecule has 3 nitrogen and oxygen atoms in total. The molecule has 92 valence electrons. The number of aryl methyl sites for hydroxylation is 2. The molecule has 0 radical (unpaired) electrons. The summed E-state index contributed by atoms with van der Waals surface area (Å²) in [6, 6.07) is 10.6. The fraction of sp³-hybridized carbons (Fsp3) is 0.267. The van der Waals surface area contributed by atoms with Crippen molar-refractivity contribution in [2.24, 2.45) is 0 Å². The van der Waals surface area contributed by atoms with Gasteiger partial charge in [-0.1, -0.05) is 18.2 Å². The number of benzene rings is 1. The fourth-order valence-corrected chi connectivity index (χ4v) is 2.47. The summed E-state index contributed by atoms with van der Waals surface area (Å²) < 4.78 is 0. The summed E-state index contributed by atoms with van der Waals surface area (Å²) in [4.78, 5) is 6.75. The van der Waals surface area contributed by atoms with Gasteiger partial charge in [0.25, 0.3) is 0 Å². The van der Waals surface area contributed by atoms with Crippen molar-refractivity contribution in [3.05, 3.63) is 47.7 Å². The van der Waals surface area contributed by atoms with Crippen molar-refractivity contribution in [1.82, 2.24) is 4.98 Å². The van der Waals surface area contributed by atoms with E-state index in [9.17, 15) is 0 Å². The first-order chi connectivity index (χ1) is 8.75. The molecule has 3 rings (SSSR count). The number of para-hydroxylation sites is 1. The van der Waals surface area contributed by atoms with Gasteiger partial charge < -0.3 is 10.6 Å². The highest BCUT2D eigenvalue weighted by atomic mass is 15.2. The molecule has 3 heteroatoms. The molecule has 0 fully saturated rings. The zero-order valence-electron chi connectivity index (χ0n) is 10.6. The summed E-state index contributed by atoms with van der Waals surface area (Å²) in [6.45, 7) is 3.05. The van der Waals surface area contributed by atoms with Crippen LogP contribution in [0.15, 0.2) is 36.5 Å². The Labute approximate surface area is 107 Å². The molecule has 0 bridgehead atoms. The third-order valence-electron chi connectivity index (χ3n) is 3.52. The molecule has 1 aliphatic heterocycles. The van der Waals surface area contributed by atoms with E-state index in [1.165, 1.54) is 17.7 Å². The molecule has 0 atom stereocenters. The van der Waals surface area contributed by atoms with Gasteiger partial charge in [0.05, 0.1) is 11.9 Å². The summed E-state index contributed by atoms with van der Waals surface area (Å²) in [6.07, 6.45) is 4.07. The molecule has 2 N–H and O–H groups in total. The van der Waals surface area contributed by atoms with Crippen LogP contribution in [0.2, 0.25) is 0 Å². The minimum absolute atomic E-state index is 0.754. The summed E-state index contributed by atoms with van der Waals surface area (Å²) in [5.41, 5.74) is 10.4. The maximum absolute atomic E-state index is 5.83. The highest BCUT2D eigenvalue weighted by Gasteiger charge is 2.18. The number of fused-ring (bicyclic) bond motifs is 1. The average molecular weight is 239 g/mol. The summed E-state index contributed by atoms with van der Waals surface area (Å²) in [5, 5.41) is 0. The molecule has 2 aromatic rings. The van der Waals surface area contributed by atoms with E-state index in [2.05, 4.69) is 40.2 Å². The van der Waals surface area contributed by atoms with Crippen LogP contribution in [0.5, 0.6) is 0 Å². The van der Waals surface area contributed by atoms with E-state index < -0.39 is 0 Å². The maximum atomic E-state index is 5.83. The largest absolute Gasteiger partial charge is 0.397 e. The molecule has 2 heterocycles. The molecule has 18 heavy (non-hydrogen) atoms. The lowest BCUT2D eigenvalue weighted by Crippen LogP contribution is -2.25. The van der Waals surface area contributed by atoms with E-state index in [4.69, 9.17) is 5.73 Å². The quantitative estimate of drug-likeness (QED) is 0.831. The number of pyridine rings is 1. The first-order valence-electron chi connectivity index (χ1n) is 6.33. The molecular weight excluding hydrogens is 222 g/mol. The van der Waals surface area contributed by atoms with E-state index in [1.807, 2.05) is 6.92 Å². The Bertz CT molecular complexity index is 578. The van der Waals surface area contributed by atoms with Crippen molar-refractivity contribution in [2.45, 2.75) is 19.8 Å². The van der Waals surface area contributed by atoms with Crippen LogP contribution >= 0.6 is 0 Å². The van der Waals surface area contributed by atoms with Crippen LogP contribution in [0.3, 0.4) is 0 Å².